The molecule has 0 aliphatic rings. The molecular weight excluding hydrogens is 387 g/mol. The number of ether oxygens (including phenoxy) is 2. The molecule has 2 amide bonds. The van der Waals surface area contributed by atoms with Gasteiger partial charge in [-0.05, 0) is 19.4 Å². The number of rotatable bonds is 5. The highest BCUT2D eigenvalue weighted by molar-refractivity contribution is 14.1. The van der Waals surface area contributed by atoms with E-state index in [9.17, 15) is 9.59 Å². The van der Waals surface area contributed by atoms with Crippen molar-refractivity contribution in [3.8, 4) is 0 Å². The van der Waals surface area contributed by atoms with Crippen molar-refractivity contribution in [3.05, 3.63) is 35.9 Å². The van der Waals surface area contributed by atoms with E-state index in [0.29, 0.717) is 0 Å². The van der Waals surface area contributed by atoms with Crippen LogP contribution in [0.15, 0.2) is 30.3 Å². The van der Waals surface area contributed by atoms with E-state index in [1.165, 1.54) is 0 Å². The molecule has 0 saturated carbocycles. The van der Waals surface area contributed by atoms with Crippen molar-refractivity contribution >= 4 is 34.8 Å². The molecule has 1 rings (SSSR count). The molecule has 6 nitrogen and oxygen atoms in total. The number of nitrogens with one attached hydrogen (secondary N) is 1. The number of carbonyl (C=O) groups is 2. The molecule has 0 fully saturated rings. The maximum Gasteiger partial charge on any atom is 0.428 e. The average molecular weight is 406 g/mol. The van der Waals surface area contributed by atoms with Crippen LogP contribution in [-0.2, 0) is 9.47 Å². The molecule has 0 aliphatic heterocycles. The van der Waals surface area contributed by atoms with Gasteiger partial charge in [-0.2, -0.15) is 0 Å². The molecule has 0 bridgehead atoms. The van der Waals surface area contributed by atoms with E-state index < -0.39 is 12.2 Å². The summed E-state index contributed by atoms with van der Waals surface area (Å²) < 4.78 is 9.73. The normalized spacial score (nSPS) is 11.4. The fourth-order valence-electron chi connectivity index (χ4n) is 1.57. The highest BCUT2D eigenvalue weighted by atomic mass is 127. The molecule has 7 heteroatoms. The van der Waals surface area contributed by atoms with Gasteiger partial charge in [0.15, 0.2) is 0 Å². The molecular formula is C14H19IN2O4. The van der Waals surface area contributed by atoms with Crippen LogP contribution in [0, 0.1) is 0 Å². The molecule has 1 aromatic carbocycles. The van der Waals surface area contributed by atoms with Crippen LogP contribution in [0.4, 0.5) is 9.59 Å². The summed E-state index contributed by atoms with van der Waals surface area (Å²) in [7, 11) is 0. The Morgan fingerprint density at radius 2 is 1.81 bits per heavy atom. The Labute approximate surface area is 137 Å². The van der Waals surface area contributed by atoms with Crippen LogP contribution in [0.25, 0.3) is 0 Å². The van der Waals surface area contributed by atoms with E-state index in [2.05, 4.69) is 28.0 Å². The Morgan fingerprint density at radius 3 is 2.38 bits per heavy atom. The van der Waals surface area contributed by atoms with E-state index in [1.54, 1.807) is 13.8 Å². The highest BCUT2D eigenvalue weighted by Gasteiger charge is 2.22. The predicted molar refractivity (Wildman–Crippen MR) is 87.1 cm³/mol. The molecule has 0 spiro atoms. The summed E-state index contributed by atoms with van der Waals surface area (Å²) in [5, 5.41) is 1.13. The minimum atomic E-state index is -0.679. The monoisotopic (exact) mass is 406 g/mol. The third-order valence-electron chi connectivity index (χ3n) is 2.49. The van der Waals surface area contributed by atoms with E-state index in [1.807, 2.05) is 30.3 Å². The summed E-state index contributed by atoms with van der Waals surface area (Å²) in [6.45, 7) is 4.15. The Kier molecular flexibility index (Phi) is 7.88. The van der Waals surface area contributed by atoms with Gasteiger partial charge in [0.25, 0.3) is 0 Å². The van der Waals surface area contributed by atoms with Crippen molar-refractivity contribution < 1.29 is 19.1 Å². The molecule has 0 saturated heterocycles. The summed E-state index contributed by atoms with van der Waals surface area (Å²) in [6, 6.07) is 9.70. The van der Waals surface area contributed by atoms with Gasteiger partial charge in [-0.25, -0.2) is 20.0 Å². The number of halogens is 1. The van der Waals surface area contributed by atoms with Gasteiger partial charge in [-0.3, -0.25) is 0 Å². The van der Waals surface area contributed by atoms with Crippen molar-refractivity contribution in [2.75, 3.05) is 19.8 Å². The first-order valence-electron chi connectivity index (χ1n) is 6.65. The Morgan fingerprint density at radius 1 is 1.19 bits per heavy atom. The first kappa shape index (κ1) is 17.5. The second-order valence-corrected chi connectivity index (χ2v) is 5.52. The molecule has 116 valence electrons. The number of amides is 2. The minimum absolute atomic E-state index is 0.00938. The number of carbonyl (C=O) groups excluding carboxylic acids is 2. The lowest BCUT2D eigenvalue weighted by atomic mass is 10.1. The lowest BCUT2D eigenvalue weighted by Crippen LogP contribution is -2.48. The van der Waals surface area contributed by atoms with Gasteiger partial charge in [-0.1, -0.05) is 52.9 Å². The summed E-state index contributed by atoms with van der Waals surface area (Å²) in [4.78, 5) is 23.4. The lowest BCUT2D eigenvalue weighted by Gasteiger charge is -2.24. The molecule has 1 N–H and O–H groups in total. The fraction of sp³-hybridized carbons (Fsp3) is 0.429. The average Bonchev–Trinajstić information content (AvgIpc) is 2.48. The van der Waals surface area contributed by atoms with Crippen LogP contribution in [0.1, 0.15) is 23.3 Å². The number of benzene rings is 1. The SMILES string of the molecule is CCOC(=O)NN(CC(I)c1ccccc1)C(=O)OCC. The van der Waals surface area contributed by atoms with Gasteiger partial charge in [-0.15, -0.1) is 0 Å². The maximum atomic E-state index is 11.9. The summed E-state index contributed by atoms with van der Waals surface area (Å²) in [6.07, 6.45) is -1.29. The van der Waals surface area contributed by atoms with Gasteiger partial charge in [0, 0.05) is 0 Å². The zero-order valence-electron chi connectivity index (χ0n) is 12.0. The number of alkyl halides is 1. The van der Waals surface area contributed by atoms with Gasteiger partial charge in [0.2, 0.25) is 0 Å². The summed E-state index contributed by atoms with van der Waals surface area (Å²) in [5.41, 5.74) is 3.45. The van der Waals surface area contributed by atoms with Crippen LogP contribution in [0.2, 0.25) is 0 Å². The van der Waals surface area contributed by atoms with Crippen LogP contribution in [-0.4, -0.2) is 37.0 Å². The number of nitrogens with zero attached hydrogens (tertiary/aromatic N) is 1. The molecule has 1 aromatic rings. The lowest BCUT2D eigenvalue weighted by molar-refractivity contribution is 0.0749. The molecule has 0 heterocycles. The Balaban J connectivity index is 2.72. The second-order valence-electron chi connectivity index (χ2n) is 4.02. The second kappa shape index (κ2) is 9.43. The molecule has 0 aliphatic carbocycles. The quantitative estimate of drug-likeness (QED) is 0.463. The first-order chi connectivity index (χ1) is 10.1. The smallest absolute Gasteiger partial charge is 0.428 e. The molecule has 0 aromatic heterocycles. The van der Waals surface area contributed by atoms with Crippen LogP contribution in [0.5, 0.6) is 0 Å². The molecule has 1 unspecified atom stereocenters. The minimum Gasteiger partial charge on any atom is -0.449 e. The topological polar surface area (TPSA) is 67.9 Å². The van der Waals surface area contributed by atoms with Gasteiger partial charge in [0.1, 0.15) is 0 Å². The summed E-state index contributed by atoms with van der Waals surface area (Å²) >= 11 is 2.21. The zero-order valence-corrected chi connectivity index (χ0v) is 14.2. The van der Waals surface area contributed by atoms with E-state index in [0.717, 1.165) is 10.6 Å². The van der Waals surface area contributed by atoms with Crippen molar-refractivity contribution in [2.24, 2.45) is 0 Å². The van der Waals surface area contributed by atoms with Crippen molar-refractivity contribution in [3.63, 3.8) is 0 Å². The Hall–Kier alpha value is -1.51. The van der Waals surface area contributed by atoms with Crippen molar-refractivity contribution in [1.29, 1.82) is 0 Å². The summed E-state index contributed by atoms with van der Waals surface area (Å²) in [5.74, 6) is 0. The van der Waals surface area contributed by atoms with Gasteiger partial charge < -0.3 is 9.47 Å². The van der Waals surface area contributed by atoms with Crippen molar-refractivity contribution in [1.82, 2.24) is 10.4 Å². The number of hydrogen-bond donors (Lipinski definition) is 1. The molecule has 0 radical (unpaired) electrons. The zero-order chi connectivity index (χ0) is 15.7. The maximum absolute atomic E-state index is 11.9. The fourth-order valence-corrected chi connectivity index (χ4v) is 2.38. The van der Waals surface area contributed by atoms with Crippen LogP contribution in [0.3, 0.4) is 0 Å². The highest BCUT2D eigenvalue weighted by Crippen LogP contribution is 2.23. The predicted octanol–water partition coefficient (Wildman–Crippen LogP) is 3.28. The van der Waals surface area contributed by atoms with E-state index in [-0.39, 0.29) is 23.7 Å². The third-order valence-corrected chi connectivity index (χ3v) is 3.61. The van der Waals surface area contributed by atoms with Crippen LogP contribution >= 0.6 is 22.6 Å². The third kappa shape index (κ3) is 6.19. The molecule has 1 atom stereocenters. The molecule has 21 heavy (non-hydrogen) atoms. The van der Waals surface area contributed by atoms with E-state index in [4.69, 9.17) is 9.47 Å². The van der Waals surface area contributed by atoms with Crippen LogP contribution < -0.4 is 5.43 Å². The largest absolute Gasteiger partial charge is 0.449 e. The van der Waals surface area contributed by atoms with Crippen molar-refractivity contribution in [2.45, 2.75) is 17.8 Å². The number of hydrogen-bond acceptors (Lipinski definition) is 4. The van der Waals surface area contributed by atoms with Gasteiger partial charge in [0.05, 0.1) is 23.7 Å². The number of hydrazine groups is 1. The Bertz CT molecular complexity index is 456. The first-order valence-corrected chi connectivity index (χ1v) is 7.89. The van der Waals surface area contributed by atoms with E-state index >= 15 is 0 Å². The van der Waals surface area contributed by atoms with Gasteiger partial charge >= 0.3 is 12.2 Å². The standard InChI is InChI=1S/C14H19IN2O4/c1-3-20-13(18)16-17(14(19)21-4-2)10-12(15)11-8-6-5-7-9-11/h5-9,12H,3-4,10H2,1-2H3,(H,16,18).